The molecule has 0 unspecified atom stereocenters. The lowest BCUT2D eigenvalue weighted by Crippen LogP contribution is -2.44. The minimum atomic E-state index is -0.232. The Labute approximate surface area is 157 Å². The summed E-state index contributed by atoms with van der Waals surface area (Å²) in [6.07, 6.45) is 6.88. The molecule has 1 fully saturated rings. The number of aromatic nitrogens is 3. The molecule has 2 aromatic heterocycles. The number of fused-ring (bicyclic) bond motifs is 1. The Hall–Kier alpha value is -0.300. The molecule has 1 aliphatic rings. The van der Waals surface area contributed by atoms with Crippen LogP contribution >= 0.6 is 48.0 Å². The third-order valence-electron chi connectivity index (χ3n) is 3.99. The minimum absolute atomic E-state index is 0. The molecule has 3 heterocycles. The summed E-state index contributed by atoms with van der Waals surface area (Å²) in [5.74, 6) is 0. The van der Waals surface area contributed by atoms with Gasteiger partial charge in [-0.25, -0.2) is 9.97 Å². The van der Waals surface area contributed by atoms with Gasteiger partial charge in [0.2, 0.25) is 0 Å². The normalized spacial score (nSPS) is 20.8. The fourth-order valence-electron chi connectivity index (χ4n) is 2.83. The molecule has 9 heteroatoms. The maximum Gasteiger partial charge on any atom is 0.161 e. The second kappa shape index (κ2) is 9.25. The van der Waals surface area contributed by atoms with Crippen LogP contribution in [0.1, 0.15) is 25.7 Å². The summed E-state index contributed by atoms with van der Waals surface area (Å²) in [7, 11) is 0. The van der Waals surface area contributed by atoms with Gasteiger partial charge in [-0.1, -0.05) is 23.2 Å². The predicted molar refractivity (Wildman–Crippen MR) is 98.3 cm³/mol. The Morgan fingerprint density at radius 1 is 1.30 bits per heavy atom. The van der Waals surface area contributed by atoms with Crippen molar-refractivity contribution in [3.8, 4) is 0 Å². The quantitative estimate of drug-likeness (QED) is 0.823. The van der Waals surface area contributed by atoms with Gasteiger partial charge < -0.3 is 15.0 Å². The molecule has 3 rings (SSSR count). The Kier molecular flexibility index (Phi) is 8.35. The van der Waals surface area contributed by atoms with E-state index in [4.69, 9.17) is 23.2 Å². The van der Waals surface area contributed by atoms with E-state index in [9.17, 15) is 5.11 Å². The van der Waals surface area contributed by atoms with Crippen LogP contribution in [-0.4, -0.2) is 38.3 Å². The highest BCUT2D eigenvalue weighted by Crippen LogP contribution is 2.28. The number of hydrogen-bond donors (Lipinski definition) is 2. The molecule has 1 aliphatic heterocycles. The smallest absolute Gasteiger partial charge is 0.161 e. The van der Waals surface area contributed by atoms with E-state index < -0.39 is 0 Å². The first-order valence-corrected chi connectivity index (χ1v) is 7.98. The van der Waals surface area contributed by atoms with Gasteiger partial charge in [-0.2, -0.15) is 0 Å². The standard InChI is InChI=1S/C14H18Cl2N4O.2ClH/c15-9-7-18-14-13(12(9)16)19-8-20(14)6-2-3-10-11(21)4-1-5-17-10;;/h7-8,10-11,17,21H,1-6H2;2*1H/t10-,11+;;/m1../s1. The molecule has 2 N–H and O–H groups in total. The van der Waals surface area contributed by atoms with Crippen LogP contribution in [0.3, 0.4) is 0 Å². The van der Waals surface area contributed by atoms with E-state index in [1.807, 2.05) is 4.57 Å². The fourth-order valence-corrected chi connectivity index (χ4v) is 3.15. The molecule has 0 aromatic carbocycles. The molecule has 0 saturated carbocycles. The van der Waals surface area contributed by atoms with Crippen molar-refractivity contribution >= 4 is 59.2 Å². The van der Waals surface area contributed by atoms with Crippen molar-refractivity contribution in [2.24, 2.45) is 0 Å². The first kappa shape index (κ1) is 20.7. The number of nitrogens with zero attached hydrogens (tertiary/aromatic N) is 3. The number of rotatable bonds is 4. The molecule has 0 radical (unpaired) electrons. The summed E-state index contributed by atoms with van der Waals surface area (Å²) in [5, 5.41) is 14.2. The van der Waals surface area contributed by atoms with Crippen LogP contribution in [0, 0.1) is 0 Å². The third-order valence-corrected chi connectivity index (χ3v) is 4.76. The Morgan fingerprint density at radius 3 is 2.83 bits per heavy atom. The van der Waals surface area contributed by atoms with Gasteiger partial charge in [0.05, 0.1) is 22.5 Å². The van der Waals surface area contributed by atoms with Crippen LogP contribution in [0.2, 0.25) is 10.0 Å². The van der Waals surface area contributed by atoms with Gasteiger partial charge >= 0.3 is 0 Å². The highest BCUT2D eigenvalue weighted by molar-refractivity contribution is 6.44. The topological polar surface area (TPSA) is 63.0 Å². The Morgan fingerprint density at radius 2 is 2.09 bits per heavy atom. The summed E-state index contributed by atoms with van der Waals surface area (Å²) in [6, 6.07) is 0.194. The van der Waals surface area contributed by atoms with Crippen molar-refractivity contribution in [2.45, 2.75) is 44.4 Å². The van der Waals surface area contributed by atoms with E-state index in [-0.39, 0.29) is 37.0 Å². The van der Waals surface area contributed by atoms with E-state index >= 15 is 0 Å². The molecule has 0 amide bonds. The van der Waals surface area contributed by atoms with Gasteiger partial charge in [-0.3, -0.25) is 0 Å². The number of imidazole rings is 1. The number of pyridine rings is 1. The van der Waals surface area contributed by atoms with Crippen molar-refractivity contribution in [3.63, 3.8) is 0 Å². The van der Waals surface area contributed by atoms with Crippen molar-refractivity contribution < 1.29 is 5.11 Å². The van der Waals surface area contributed by atoms with Crippen molar-refractivity contribution in [2.75, 3.05) is 6.54 Å². The molecule has 130 valence electrons. The lowest BCUT2D eigenvalue weighted by molar-refractivity contribution is 0.0909. The molecule has 2 aromatic rings. The minimum Gasteiger partial charge on any atom is -0.392 e. The average Bonchev–Trinajstić information content (AvgIpc) is 2.89. The number of aryl methyl sites for hydroxylation is 1. The van der Waals surface area contributed by atoms with Gasteiger partial charge in [-0.05, 0) is 32.2 Å². The monoisotopic (exact) mass is 400 g/mol. The van der Waals surface area contributed by atoms with E-state index in [0.717, 1.165) is 44.4 Å². The highest BCUT2D eigenvalue weighted by atomic mass is 35.5. The van der Waals surface area contributed by atoms with Gasteiger partial charge in [-0.15, -0.1) is 24.8 Å². The number of piperidine rings is 1. The molecular weight excluding hydrogens is 382 g/mol. The average molecular weight is 402 g/mol. The zero-order valence-corrected chi connectivity index (χ0v) is 15.6. The van der Waals surface area contributed by atoms with Crippen molar-refractivity contribution in [3.05, 3.63) is 22.6 Å². The zero-order chi connectivity index (χ0) is 14.8. The van der Waals surface area contributed by atoms with Crippen LogP contribution in [0.5, 0.6) is 0 Å². The van der Waals surface area contributed by atoms with E-state index in [0.29, 0.717) is 15.6 Å². The number of aliphatic hydroxyl groups excluding tert-OH is 1. The zero-order valence-electron chi connectivity index (χ0n) is 12.4. The molecule has 23 heavy (non-hydrogen) atoms. The number of nitrogens with one attached hydrogen (secondary N) is 1. The van der Waals surface area contributed by atoms with Crippen molar-refractivity contribution in [1.29, 1.82) is 0 Å². The van der Waals surface area contributed by atoms with Crippen LogP contribution < -0.4 is 5.32 Å². The molecule has 1 saturated heterocycles. The maximum absolute atomic E-state index is 9.94. The molecular formula is C14H20Cl4N4O. The summed E-state index contributed by atoms with van der Waals surface area (Å²) in [4.78, 5) is 8.58. The summed E-state index contributed by atoms with van der Waals surface area (Å²) >= 11 is 12.1. The van der Waals surface area contributed by atoms with Crippen LogP contribution in [-0.2, 0) is 6.54 Å². The predicted octanol–water partition coefficient (Wildman–Crippen LogP) is 3.47. The molecule has 2 atom stereocenters. The first-order valence-electron chi connectivity index (χ1n) is 7.23. The lowest BCUT2D eigenvalue weighted by atomic mass is 9.97. The number of hydrogen-bond acceptors (Lipinski definition) is 4. The molecule has 0 aliphatic carbocycles. The second-order valence-corrected chi connectivity index (χ2v) is 6.23. The Bertz CT molecular complexity index is 637. The van der Waals surface area contributed by atoms with Crippen LogP contribution in [0.25, 0.3) is 11.2 Å². The highest BCUT2D eigenvalue weighted by Gasteiger charge is 2.21. The third kappa shape index (κ3) is 4.62. The van der Waals surface area contributed by atoms with Crippen LogP contribution in [0.15, 0.2) is 12.5 Å². The van der Waals surface area contributed by atoms with E-state index in [1.54, 1.807) is 12.5 Å². The maximum atomic E-state index is 9.94. The summed E-state index contributed by atoms with van der Waals surface area (Å²) in [5.41, 5.74) is 1.39. The van der Waals surface area contributed by atoms with E-state index in [1.165, 1.54) is 0 Å². The van der Waals surface area contributed by atoms with Crippen LogP contribution in [0.4, 0.5) is 0 Å². The number of aliphatic hydroxyl groups is 1. The van der Waals surface area contributed by atoms with Gasteiger partial charge in [0.25, 0.3) is 0 Å². The molecule has 0 spiro atoms. The molecule has 5 nitrogen and oxygen atoms in total. The van der Waals surface area contributed by atoms with E-state index in [2.05, 4.69) is 15.3 Å². The second-order valence-electron chi connectivity index (χ2n) is 5.44. The van der Waals surface area contributed by atoms with Gasteiger partial charge in [0.1, 0.15) is 5.52 Å². The molecule has 0 bridgehead atoms. The lowest BCUT2D eigenvalue weighted by Gasteiger charge is -2.28. The van der Waals surface area contributed by atoms with Gasteiger partial charge in [0, 0.05) is 18.8 Å². The largest absolute Gasteiger partial charge is 0.392 e. The van der Waals surface area contributed by atoms with Crippen molar-refractivity contribution in [1.82, 2.24) is 19.9 Å². The Balaban J connectivity index is 0.00000132. The van der Waals surface area contributed by atoms with Gasteiger partial charge in [0.15, 0.2) is 5.65 Å². The first-order chi connectivity index (χ1) is 10.2. The number of halogens is 4. The summed E-state index contributed by atoms with van der Waals surface area (Å²) < 4.78 is 1.98. The fraction of sp³-hybridized carbons (Fsp3) is 0.571. The SMILES string of the molecule is Cl.Cl.O[C@H]1CCCN[C@@H]1CCCn1cnc2c(Cl)c(Cl)cnc21. The summed E-state index contributed by atoms with van der Waals surface area (Å²) in [6.45, 7) is 1.79.